The lowest BCUT2D eigenvalue weighted by molar-refractivity contribution is -0.138. The van der Waals surface area contributed by atoms with E-state index >= 15 is 0 Å². The molecule has 0 spiro atoms. The van der Waals surface area contributed by atoms with E-state index in [0.717, 1.165) is 11.1 Å². The number of halogens is 3. The molecule has 0 amide bonds. The summed E-state index contributed by atoms with van der Waals surface area (Å²) < 4.78 is 5.49. The highest BCUT2D eigenvalue weighted by Crippen LogP contribution is 2.29. The number of hydrogen-bond donors (Lipinski definition) is 0. The van der Waals surface area contributed by atoms with Gasteiger partial charge in [0.15, 0.2) is 0 Å². The van der Waals surface area contributed by atoms with Crippen LogP contribution in [0.4, 0.5) is 0 Å². The van der Waals surface area contributed by atoms with Gasteiger partial charge in [-0.1, -0.05) is 59.6 Å². The zero-order valence-corrected chi connectivity index (χ0v) is 17.9. The Bertz CT molecular complexity index is 763. The molecule has 146 valence electrons. The fraction of sp³-hybridized carbons (Fsp3) is 0.286. The molecule has 0 fully saturated rings. The van der Waals surface area contributed by atoms with E-state index in [1.807, 2.05) is 56.6 Å². The van der Waals surface area contributed by atoms with Gasteiger partial charge in [-0.25, -0.2) is 4.79 Å². The molecule has 0 N–H and O–H groups in total. The van der Waals surface area contributed by atoms with Crippen molar-refractivity contribution in [1.29, 1.82) is 0 Å². The van der Waals surface area contributed by atoms with Gasteiger partial charge in [0.1, 0.15) is 0 Å². The lowest BCUT2D eigenvalue weighted by Crippen LogP contribution is -2.34. The zero-order chi connectivity index (χ0) is 19.1. The van der Waals surface area contributed by atoms with Gasteiger partial charge < -0.3 is 9.64 Å². The number of hydrogen-bond acceptors (Lipinski definition) is 3. The molecule has 0 aliphatic heterocycles. The highest BCUT2D eigenvalue weighted by Gasteiger charge is 2.23. The van der Waals surface area contributed by atoms with Crippen molar-refractivity contribution in [1.82, 2.24) is 4.90 Å². The normalized spacial score (nSPS) is 13.3. The molecule has 6 heteroatoms. The van der Waals surface area contributed by atoms with E-state index in [4.69, 9.17) is 27.9 Å². The Labute approximate surface area is 177 Å². The maximum atomic E-state index is 12.1. The van der Waals surface area contributed by atoms with Crippen LogP contribution in [0.2, 0.25) is 10.0 Å². The van der Waals surface area contributed by atoms with Crippen LogP contribution in [0.15, 0.2) is 54.6 Å². The maximum absolute atomic E-state index is 12.1. The van der Waals surface area contributed by atoms with Crippen LogP contribution in [0.3, 0.4) is 0 Å². The lowest BCUT2D eigenvalue weighted by atomic mass is 9.92. The molecular weight excluding hydrogens is 405 g/mol. The molecule has 0 aromatic heterocycles. The van der Waals surface area contributed by atoms with Crippen LogP contribution < -0.4 is 0 Å². The van der Waals surface area contributed by atoms with E-state index in [9.17, 15) is 4.79 Å². The largest absolute Gasteiger partial charge is 0.462 e. The molecule has 2 aromatic rings. The summed E-state index contributed by atoms with van der Waals surface area (Å²) >= 11 is 12.2. The molecule has 27 heavy (non-hydrogen) atoms. The number of esters is 1. The molecule has 0 heterocycles. The number of rotatable bonds is 7. The van der Waals surface area contributed by atoms with Crippen LogP contribution in [-0.4, -0.2) is 37.6 Å². The van der Waals surface area contributed by atoms with Crippen LogP contribution >= 0.6 is 35.6 Å². The molecule has 0 radical (unpaired) electrons. The summed E-state index contributed by atoms with van der Waals surface area (Å²) in [6, 6.07) is 15.3. The van der Waals surface area contributed by atoms with Crippen molar-refractivity contribution in [3.05, 3.63) is 75.8 Å². The van der Waals surface area contributed by atoms with E-state index in [0.29, 0.717) is 10.0 Å². The van der Waals surface area contributed by atoms with Crippen molar-refractivity contribution >= 4 is 47.7 Å². The maximum Gasteiger partial charge on any atom is 0.330 e. The first kappa shape index (κ1) is 23.5. The van der Waals surface area contributed by atoms with Gasteiger partial charge >= 0.3 is 5.97 Å². The van der Waals surface area contributed by atoms with Crippen LogP contribution in [0.25, 0.3) is 6.08 Å². The number of likely N-dealkylation sites (N-methyl/N-ethyl adjacent to an activating group) is 1. The van der Waals surface area contributed by atoms with Crippen molar-refractivity contribution in [2.45, 2.75) is 18.9 Å². The van der Waals surface area contributed by atoms with Gasteiger partial charge in [-0.3, -0.25) is 0 Å². The quantitative estimate of drug-likeness (QED) is 0.418. The van der Waals surface area contributed by atoms with Gasteiger partial charge in [-0.15, -0.1) is 12.4 Å². The number of ether oxygens (including phenoxy) is 1. The molecule has 0 bridgehead atoms. The molecule has 2 unspecified atom stereocenters. The predicted octanol–water partition coefficient (Wildman–Crippen LogP) is 5.71. The lowest BCUT2D eigenvalue weighted by Gasteiger charge is -2.29. The second kappa shape index (κ2) is 11.4. The first-order valence-electron chi connectivity index (χ1n) is 8.39. The van der Waals surface area contributed by atoms with Gasteiger partial charge in [0.2, 0.25) is 0 Å². The minimum atomic E-state index is -0.370. The average Bonchev–Trinajstić information content (AvgIpc) is 2.63. The smallest absolute Gasteiger partial charge is 0.330 e. The van der Waals surface area contributed by atoms with Gasteiger partial charge in [-0.05, 0) is 50.4 Å². The van der Waals surface area contributed by atoms with Crippen LogP contribution in [0.5, 0.6) is 0 Å². The number of benzene rings is 2. The number of nitrogens with zero attached hydrogens (tertiary/aromatic N) is 1. The Morgan fingerprint density at radius 3 is 2.37 bits per heavy atom. The van der Waals surface area contributed by atoms with E-state index in [1.165, 1.54) is 6.08 Å². The molecule has 3 nitrogen and oxygen atoms in total. The summed E-state index contributed by atoms with van der Waals surface area (Å²) in [7, 11) is 3.98. The highest BCUT2D eigenvalue weighted by atomic mass is 35.5. The Kier molecular flexibility index (Phi) is 9.89. The van der Waals surface area contributed by atoms with Crippen LogP contribution in [0, 0.1) is 0 Å². The average molecular weight is 429 g/mol. The van der Waals surface area contributed by atoms with Crippen molar-refractivity contribution in [2.75, 3.05) is 20.7 Å². The van der Waals surface area contributed by atoms with E-state index in [1.54, 1.807) is 12.1 Å². The minimum Gasteiger partial charge on any atom is -0.462 e. The second-order valence-corrected chi connectivity index (χ2v) is 7.17. The Morgan fingerprint density at radius 2 is 1.78 bits per heavy atom. The summed E-state index contributed by atoms with van der Waals surface area (Å²) in [5, 5.41) is 1.00. The Balaban J connectivity index is 0.00000364. The first-order chi connectivity index (χ1) is 12.4. The summed E-state index contributed by atoms with van der Waals surface area (Å²) in [5.41, 5.74) is 1.94. The summed E-state index contributed by atoms with van der Waals surface area (Å²) in [6.07, 6.45) is 3.19. The Hall–Kier alpha value is -1.52. The molecule has 2 aromatic carbocycles. The standard InChI is InChI=1S/C21H23Cl2NO2.ClH/c1-15(24(2)3)18(17-10-11-19(22)20(23)13-17)14-26-21(25)12-9-16-7-5-4-6-8-16;/h4-13,15,18H,14H2,1-3H3;1H. The van der Waals surface area contributed by atoms with Gasteiger partial charge in [0, 0.05) is 18.0 Å². The molecule has 2 rings (SSSR count). The third kappa shape index (κ3) is 7.19. The SMILES string of the molecule is CC(C(COC(=O)C=Cc1ccccc1)c1ccc(Cl)c(Cl)c1)N(C)C.Cl. The summed E-state index contributed by atoms with van der Waals surface area (Å²) in [6.45, 7) is 2.34. The van der Waals surface area contributed by atoms with Gasteiger partial charge in [0.05, 0.1) is 16.7 Å². The molecule has 0 aliphatic rings. The molecule has 2 atom stereocenters. The fourth-order valence-electron chi connectivity index (χ4n) is 2.57. The van der Waals surface area contributed by atoms with E-state index in [2.05, 4.69) is 11.8 Å². The van der Waals surface area contributed by atoms with Crippen molar-refractivity contribution in [3.8, 4) is 0 Å². The number of carbonyl (C=O) groups excluding carboxylic acids is 1. The summed E-state index contributed by atoms with van der Waals surface area (Å²) in [4.78, 5) is 14.2. The number of carbonyl (C=O) groups is 1. The van der Waals surface area contributed by atoms with Gasteiger partial charge in [-0.2, -0.15) is 0 Å². The van der Waals surface area contributed by atoms with Gasteiger partial charge in [0.25, 0.3) is 0 Å². The summed E-state index contributed by atoms with van der Waals surface area (Å²) in [5.74, 6) is -0.390. The highest BCUT2D eigenvalue weighted by molar-refractivity contribution is 6.42. The molecule has 0 saturated heterocycles. The fourth-order valence-corrected chi connectivity index (χ4v) is 2.87. The topological polar surface area (TPSA) is 29.5 Å². The monoisotopic (exact) mass is 427 g/mol. The first-order valence-corrected chi connectivity index (χ1v) is 9.15. The third-order valence-corrected chi connectivity index (χ3v) is 5.12. The van der Waals surface area contributed by atoms with Crippen LogP contribution in [-0.2, 0) is 9.53 Å². The second-order valence-electron chi connectivity index (χ2n) is 6.36. The zero-order valence-electron chi connectivity index (χ0n) is 15.6. The predicted molar refractivity (Wildman–Crippen MR) is 116 cm³/mol. The molecule has 0 aliphatic carbocycles. The van der Waals surface area contributed by atoms with Crippen molar-refractivity contribution in [2.24, 2.45) is 0 Å². The molecule has 0 saturated carbocycles. The Morgan fingerprint density at radius 1 is 1.11 bits per heavy atom. The minimum absolute atomic E-state index is 0. The van der Waals surface area contributed by atoms with Crippen molar-refractivity contribution in [3.63, 3.8) is 0 Å². The molecular formula is C21H24Cl3NO2. The third-order valence-electron chi connectivity index (χ3n) is 4.39. The van der Waals surface area contributed by atoms with Crippen LogP contribution in [0.1, 0.15) is 24.0 Å². The van der Waals surface area contributed by atoms with E-state index in [-0.39, 0.29) is 36.9 Å². The van der Waals surface area contributed by atoms with E-state index < -0.39 is 0 Å². The van der Waals surface area contributed by atoms with Crippen molar-refractivity contribution < 1.29 is 9.53 Å².